The first-order chi connectivity index (χ1) is 13.8. The first kappa shape index (κ1) is 19.9. The van der Waals surface area contributed by atoms with Crippen LogP contribution in [0, 0.1) is 6.92 Å². The second-order valence-electron chi connectivity index (χ2n) is 7.43. The zero-order valence-electron chi connectivity index (χ0n) is 16.3. The number of imidazole rings is 1. The van der Waals surface area contributed by atoms with Crippen molar-refractivity contribution in [3.63, 3.8) is 0 Å². The summed E-state index contributed by atoms with van der Waals surface area (Å²) in [5.41, 5.74) is 3.01. The number of hydrogen-bond acceptors (Lipinski definition) is 4. The summed E-state index contributed by atoms with van der Waals surface area (Å²) in [6.45, 7) is 2.71. The molecule has 0 amide bonds. The van der Waals surface area contributed by atoms with E-state index in [4.69, 9.17) is 11.6 Å². The van der Waals surface area contributed by atoms with Crippen molar-refractivity contribution in [3.05, 3.63) is 77.2 Å². The van der Waals surface area contributed by atoms with Gasteiger partial charge >= 0.3 is 0 Å². The van der Waals surface area contributed by atoms with E-state index in [0.717, 1.165) is 16.8 Å². The lowest BCUT2D eigenvalue weighted by Crippen LogP contribution is -2.32. The molecule has 1 aromatic heterocycles. The summed E-state index contributed by atoms with van der Waals surface area (Å²) in [7, 11) is -1.90. The van der Waals surface area contributed by atoms with Crippen molar-refractivity contribution >= 4 is 27.3 Å². The van der Waals surface area contributed by atoms with E-state index >= 15 is 0 Å². The van der Waals surface area contributed by atoms with Crippen molar-refractivity contribution in [1.82, 2.24) is 13.9 Å². The van der Waals surface area contributed by atoms with Gasteiger partial charge in [0.25, 0.3) is 10.0 Å². The molecule has 0 radical (unpaired) electrons. The minimum atomic E-state index is -3.66. The van der Waals surface area contributed by atoms with Crippen molar-refractivity contribution in [2.45, 2.75) is 23.9 Å². The van der Waals surface area contributed by atoms with Gasteiger partial charge in [-0.25, -0.2) is 13.4 Å². The lowest BCUT2D eigenvalue weighted by molar-refractivity contribution is 0.468. The van der Waals surface area contributed by atoms with Crippen molar-refractivity contribution in [3.8, 4) is 0 Å². The van der Waals surface area contributed by atoms with Gasteiger partial charge in [0.15, 0.2) is 5.03 Å². The Bertz CT molecular complexity index is 1110. The van der Waals surface area contributed by atoms with Gasteiger partial charge in [-0.15, -0.1) is 0 Å². The maximum absolute atomic E-state index is 13.1. The fourth-order valence-corrected chi connectivity index (χ4v) is 5.33. The summed E-state index contributed by atoms with van der Waals surface area (Å²) in [6, 6.07) is 15.7. The number of benzene rings is 2. The van der Waals surface area contributed by atoms with E-state index in [2.05, 4.69) is 10.3 Å². The number of anilines is 1. The van der Waals surface area contributed by atoms with E-state index in [1.54, 1.807) is 11.6 Å². The zero-order valence-corrected chi connectivity index (χ0v) is 17.9. The number of hydrogen-bond donors (Lipinski definition) is 1. The Morgan fingerprint density at radius 1 is 1.14 bits per heavy atom. The number of sulfonamides is 1. The average Bonchev–Trinajstić information content (AvgIpc) is 3.33. The third-order valence-electron chi connectivity index (χ3n) is 5.31. The highest BCUT2D eigenvalue weighted by atomic mass is 35.5. The van der Waals surface area contributed by atoms with E-state index in [0.29, 0.717) is 18.1 Å². The molecule has 152 valence electrons. The maximum Gasteiger partial charge on any atom is 0.262 e. The Kier molecular flexibility index (Phi) is 5.38. The lowest BCUT2D eigenvalue weighted by atomic mass is 9.94. The van der Waals surface area contributed by atoms with Gasteiger partial charge in [-0.2, -0.15) is 4.31 Å². The second kappa shape index (κ2) is 7.82. The van der Waals surface area contributed by atoms with E-state index in [1.165, 1.54) is 16.8 Å². The van der Waals surface area contributed by atoms with Crippen molar-refractivity contribution in [2.24, 2.45) is 7.05 Å². The monoisotopic (exact) mass is 430 g/mol. The summed E-state index contributed by atoms with van der Waals surface area (Å²) in [5, 5.41) is 4.31. The Labute approximate surface area is 176 Å². The van der Waals surface area contributed by atoms with E-state index in [1.807, 2.05) is 55.5 Å². The Hall–Kier alpha value is -2.35. The first-order valence-electron chi connectivity index (χ1n) is 9.40. The molecule has 2 aromatic carbocycles. The van der Waals surface area contributed by atoms with Crippen LogP contribution in [0.4, 0.5) is 5.69 Å². The summed E-state index contributed by atoms with van der Waals surface area (Å²) >= 11 is 6.15. The quantitative estimate of drug-likeness (QED) is 0.670. The fraction of sp³-hybridized carbons (Fsp3) is 0.286. The van der Waals surface area contributed by atoms with Crippen molar-refractivity contribution in [1.29, 1.82) is 0 Å². The first-order valence-corrected chi connectivity index (χ1v) is 11.2. The SMILES string of the molecule is Cc1cc(N[C@H]2CN(S(=O)(=O)c3cn(C)cn3)C[C@@H]2c2ccccc2)ccc1Cl. The molecule has 0 spiro atoms. The van der Waals surface area contributed by atoms with E-state index < -0.39 is 10.0 Å². The smallest absolute Gasteiger partial charge is 0.262 e. The molecule has 2 heterocycles. The van der Waals surface area contributed by atoms with Crippen LogP contribution in [0.5, 0.6) is 0 Å². The van der Waals surface area contributed by atoms with Crippen LogP contribution in [0.3, 0.4) is 0 Å². The Morgan fingerprint density at radius 3 is 2.55 bits per heavy atom. The molecular weight excluding hydrogens is 408 g/mol. The Balaban J connectivity index is 1.65. The molecule has 8 heteroatoms. The molecule has 2 atom stereocenters. The van der Waals surface area contributed by atoms with Crippen molar-refractivity contribution < 1.29 is 8.42 Å². The van der Waals surface area contributed by atoms with Crippen molar-refractivity contribution in [2.75, 3.05) is 18.4 Å². The van der Waals surface area contributed by atoms with Gasteiger partial charge in [0, 0.05) is 49.0 Å². The maximum atomic E-state index is 13.1. The molecule has 1 N–H and O–H groups in total. The highest BCUT2D eigenvalue weighted by Gasteiger charge is 2.40. The Morgan fingerprint density at radius 2 is 1.90 bits per heavy atom. The van der Waals surface area contributed by atoms with Crippen LogP contribution in [0.25, 0.3) is 0 Å². The van der Waals surface area contributed by atoms with Gasteiger partial charge in [0.05, 0.1) is 6.33 Å². The number of nitrogens with one attached hydrogen (secondary N) is 1. The highest BCUT2D eigenvalue weighted by Crippen LogP contribution is 2.33. The van der Waals surface area contributed by atoms with Gasteiger partial charge < -0.3 is 9.88 Å². The van der Waals surface area contributed by atoms with Crippen LogP contribution in [0.15, 0.2) is 66.1 Å². The van der Waals surface area contributed by atoms with Gasteiger partial charge in [0.1, 0.15) is 0 Å². The normalized spacial score (nSPS) is 20.1. The highest BCUT2D eigenvalue weighted by molar-refractivity contribution is 7.89. The molecule has 0 aliphatic carbocycles. The van der Waals surface area contributed by atoms with Gasteiger partial charge in [0.2, 0.25) is 0 Å². The van der Waals surface area contributed by atoms with E-state index in [-0.39, 0.29) is 17.0 Å². The molecule has 0 saturated carbocycles. The molecule has 6 nitrogen and oxygen atoms in total. The molecule has 1 fully saturated rings. The number of aryl methyl sites for hydroxylation is 2. The van der Waals surface area contributed by atoms with Crippen LogP contribution in [0.2, 0.25) is 5.02 Å². The van der Waals surface area contributed by atoms with E-state index in [9.17, 15) is 8.42 Å². The number of nitrogens with zero attached hydrogens (tertiary/aromatic N) is 3. The molecule has 4 rings (SSSR count). The number of rotatable bonds is 5. The third kappa shape index (κ3) is 4.03. The standard InChI is InChI=1S/C21H23ClN4O2S/c1-15-10-17(8-9-19(15)22)24-20-12-26(11-18(20)16-6-4-3-5-7-16)29(27,28)21-13-25(2)14-23-21/h3-10,13-14,18,20,24H,11-12H2,1-2H3/t18-,20+/m1/s1. The summed E-state index contributed by atoms with van der Waals surface area (Å²) in [5.74, 6) is 0.0191. The van der Waals surface area contributed by atoms with Gasteiger partial charge in [-0.3, -0.25) is 0 Å². The summed E-state index contributed by atoms with van der Waals surface area (Å²) in [6.07, 6.45) is 3.04. The zero-order chi connectivity index (χ0) is 20.6. The average molecular weight is 431 g/mol. The molecule has 1 aliphatic heterocycles. The minimum absolute atomic E-state index is 0.0191. The van der Waals surface area contributed by atoms with Gasteiger partial charge in [-0.05, 0) is 36.2 Å². The third-order valence-corrected chi connectivity index (χ3v) is 7.45. The summed E-state index contributed by atoms with van der Waals surface area (Å²) < 4.78 is 29.4. The lowest BCUT2D eigenvalue weighted by Gasteiger charge is -2.21. The minimum Gasteiger partial charge on any atom is -0.380 e. The number of aromatic nitrogens is 2. The molecular formula is C21H23ClN4O2S. The fourth-order valence-electron chi connectivity index (χ4n) is 3.75. The van der Waals surface area contributed by atoms with Crippen LogP contribution in [-0.4, -0.2) is 41.4 Å². The van der Waals surface area contributed by atoms with Gasteiger partial charge in [-0.1, -0.05) is 41.9 Å². The predicted molar refractivity (Wildman–Crippen MR) is 115 cm³/mol. The molecule has 3 aromatic rings. The van der Waals surface area contributed by atoms with Crippen LogP contribution < -0.4 is 5.32 Å². The largest absolute Gasteiger partial charge is 0.380 e. The van der Waals surface area contributed by atoms with Crippen LogP contribution in [0.1, 0.15) is 17.0 Å². The van der Waals surface area contributed by atoms with Crippen LogP contribution >= 0.6 is 11.6 Å². The molecule has 1 aliphatic rings. The van der Waals surface area contributed by atoms with Crippen LogP contribution in [-0.2, 0) is 17.1 Å². The topological polar surface area (TPSA) is 67.2 Å². The summed E-state index contributed by atoms with van der Waals surface area (Å²) in [4.78, 5) is 4.06. The molecule has 0 bridgehead atoms. The number of halogens is 1. The molecule has 0 unspecified atom stereocenters. The predicted octanol–water partition coefficient (Wildman–Crippen LogP) is 3.65. The molecule has 29 heavy (non-hydrogen) atoms. The molecule has 1 saturated heterocycles. The second-order valence-corrected chi connectivity index (χ2v) is 9.72.